The van der Waals surface area contributed by atoms with Crippen LogP contribution in [0.5, 0.6) is 0 Å². The van der Waals surface area contributed by atoms with E-state index in [1.807, 2.05) is 6.92 Å². The second kappa shape index (κ2) is 6.02. The number of rotatable bonds is 4. The Kier molecular flexibility index (Phi) is 4.89. The van der Waals surface area contributed by atoms with Crippen LogP contribution in [0.2, 0.25) is 0 Å². The molecule has 106 valence electrons. The Balaban J connectivity index is 3.01. The number of ether oxygens (including phenoxy) is 1. The molecule has 1 aromatic rings. The van der Waals surface area contributed by atoms with E-state index < -0.39 is 5.41 Å². The predicted octanol–water partition coefficient (Wildman–Crippen LogP) is 1.86. The molecule has 1 heterocycles. The normalized spacial score (nSPS) is 11.4. The molecule has 0 radical (unpaired) electrons. The number of amides is 1. The van der Waals surface area contributed by atoms with Gasteiger partial charge in [-0.25, -0.2) is 0 Å². The first-order valence-electron chi connectivity index (χ1n) is 6.29. The number of H-pyrrole nitrogens is 1. The van der Waals surface area contributed by atoms with Crippen molar-refractivity contribution in [2.75, 3.05) is 19.0 Å². The van der Waals surface area contributed by atoms with Crippen LogP contribution in [-0.2, 0) is 16.0 Å². The second-order valence-corrected chi connectivity index (χ2v) is 5.61. The van der Waals surface area contributed by atoms with Gasteiger partial charge in [-0.2, -0.15) is 0 Å². The second-order valence-electron chi connectivity index (χ2n) is 5.61. The van der Waals surface area contributed by atoms with Crippen molar-refractivity contribution in [1.82, 2.24) is 4.98 Å². The van der Waals surface area contributed by atoms with Crippen molar-refractivity contribution in [2.24, 2.45) is 5.41 Å². The molecule has 0 saturated carbocycles. The summed E-state index contributed by atoms with van der Waals surface area (Å²) < 4.78 is 5.03. The molecule has 19 heavy (non-hydrogen) atoms. The molecule has 1 amide bonds. The molecule has 1 rings (SSSR count). The molecule has 0 aliphatic carbocycles. The van der Waals surface area contributed by atoms with Crippen molar-refractivity contribution in [1.29, 1.82) is 0 Å². The average molecular weight is 266 g/mol. The summed E-state index contributed by atoms with van der Waals surface area (Å²) in [5.41, 5.74) is 1.23. The molecule has 0 unspecified atom stereocenters. The molecule has 0 aliphatic rings. The maximum Gasteiger partial charge on any atom is 0.271 e. The van der Waals surface area contributed by atoms with Crippen molar-refractivity contribution in [3.05, 3.63) is 27.7 Å². The monoisotopic (exact) mass is 266 g/mol. The Labute approximate surface area is 113 Å². The summed E-state index contributed by atoms with van der Waals surface area (Å²) >= 11 is 0. The van der Waals surface area contributed by atoms with Crippen LogP contribution in [0.15, 0.2) is 10.9 Å². The summed E-state index contributed by atoms with van der Waals surface area (Å²) in [5, 5.41) is 2.67. The summed E-state index contributed by atoms with van der Waals surface area (Å²) in [4.78, 5) is 26.5. The summed E-state index contributed by atoms with van der Waals surface area (Å²) in [7, 11) is 1.63. The van der Waals surface area contributed by atoms with Crippen molar-refractivity contribution < 1.29 is 9.53 Å². The Morgan fingerprint density at radius 2 is 2.05 bits per heavy atom. The summed E-state index contributed by atoms with van der Waals surface area (Å²) in [5.74, 6) is -0.181. The number of hydrogen-bond donors (Lipinski definition) is 2. The van der Waals surface area contributed by atoms with E-state index in [1.165, 1.54) is 0 Å². The first-order chi connectivity index (χ1) is 8.75. The molecule has 5 heteroatoms. The van der Waals surface area contributed by atoms with Gasteiger partial charge in [0.25, 0.3) is 5.56 Å². The van der Waals surface area contributed by atoms with Crippen molar-refractivity contribution in [2.45, 2.75) is 34.1 Å². The number of methoxy groups -OCH3 is 1. The van der Waals surface area contributed by atoms with Crippen molar-refractivity contribution >= 4 is 11.6 Å². The number of carbonyl (C=O) groups excluding carboxylic acids is 1. The molecule has 2 N–H and O–H groups in total. The number of aromatic amines is 1. The highest BCUT2D eigenvalue weighted by atomic mass is 16.5. The number of pyridine rings is 1. The Morgan fingerprint density at radius 1 is 1.42 bits per heavy atom. The molecule has 0 fully saturated rings. The number of carbonyl (C=O) groups is 1. The van der Waals surface area contributed by atoms with Crippen LogP contribution in [0.25, 0.3) is 0 Å². The third kappa shape index (κ3) is 4.21. The van der Waals surface area contributed by atoms with E-state index in [9.17, 15) is 9.59 Å². The predicted molar refractivity (Wildman–Crippen MR) is 75.5 cm³/mol. The van der Waals surface area contributed by atoms with Gasteiger partial charge in [0.1, 0.15) is 5.69 Å². The van der Waals surface area contributed by atoms with Crippen molar-refractivity contribution in [3.63, 3.8) is 0 Å². The lowest BCUT2D eigenvalue weighted by Gasteiger charge is -2.18. The topological polar surface area (TPSA) is 71.2 Å². The number of anilines is 1. The SMILES string of the molecule is COCCc1cc(NC(=O)C(C)(C)C)c(=O)[nH]c1C. The fraction of sp³-hybridized carbons (Fsp3) is 0.571. The number of aromatic nitrogens is 1. The highest BCUT2D eigenvalue weighted by Crippen LogP contribution is 2.16. The Bertz CT molecular complexity index is 512. The molecule has 0 bridgehead atoms. The van der Waals surface area contributed by atoms with Gasteiger partial charge in [-0.1, -0.05) is 20.8 Å². The first-order valence-corrected chi connectivity index (χ1v) is 6.29. The zero-order valence-electron chi connectivity index (χ0n) is 12.2. The van der Waals surface area contributed by atoms with Gasteiger partial charge in [-0.15, -0.1) is 0 Å². The van der Waals surface area contributed by atoms with E-state index in [4.69, 9.17) is 4.74 Å². The maximum atomic E-state index is 11.9. The molecule has 0 spiro atoms. The molecule has 0 aliphatic heterocycles. The Hall–Kier alpha value is -1.62. The Morgan fingerprint density at radius 3 is 2.58 bits per heavy atom. The van der Waals surface area contributed by atoms with Gasteiger partial charge in [0.15, 0.2) is 0 Å². The standard InChI is InChI=1S/C14H22N2O3/c1-9-10(6-7-19-5)8-11(12(17)15-9)16-13(18)14(2,3)4/h8H,6-7H2,1-5H3,(H,15,17)(H,16,18). The molecule has 0 aromatic carbocycles. The highest BCUT2D eigenvalue weighted by Gasteiger charge is 2.22. The summed E-state index contributed by atoms with van der Waals surface area (Å²) in [6.45, 7) is 7.81. The van der Waals surface area contributed by atoms with Gasteiger partial charge in [0.05, 0.1) is 6.61 Å². The maximum absolute atomic E-state index is 11.9. The third-order valence-electron chi connectivity index (χ3n) is 2.85. The molecule has 0 saturated heterocycles. The molecule has 0 atom stereocenters. The van der Waals surface area contributed by atoms with Crippen LogP contribution < -0.4 is 10.9 Å². The minimum absolute atomic E-state index is 0.181. The van der Waals surface area contributed by atoms with Gasteiger partial charge in [0.2, 0.25) is 5.91 Å². The molecule has 5 nitrogen and oxygen atoms in total. The van der Waals surface area contributed by atoms with Gasteiger partial charge >= 0.3 is 0 Å². The van der Waals surface area contributed by atoms with Gasteiger partial charge in [-0.3, -0.25) is 9.59 Å². The molecular weight excluding hydrogens is 244 g/mol. The fourth-order valence-electron chi connectivity index (χ4n) is 1.54. The quantitative estimate of drug-likeness (QED) is 0.873. The zero-order valence-corrected chi connectivity index (χ0v) is 12.2. The lowest BCUT2D eigenvalue weighted by atomic mass is 9.95. The van der Waals surface area contributed by atoms with E-state index in [-0.39, 0.29) is 17.2 Å². The van der Waals surface area contributed by atoms with E-state index in [1.54, 1.807) is 33.9 Å². The van der Waals surface area contributed by atoms with Gasteiger partial charge in [0, 0.05) is 18.2 Å². The average Bonchev–Trinajstić information content (AvgIpc) is 2.29. The van der Waals surface area contributed by atoms with Crippen LogP contribution in [-0.4, -0.2) is 24.6 Å². The molecule has 1 aromatic heterocycles. The van der Waals surface area contributed by atoms with Gasteiger partial charge < -0.3 is 15.0 Å². The summed E-state index contributed by atoms with van der Waals surface area (Å²) in [6.07, 6.45) is 0.692. The van der Waals surface area contributed by atoms with Crippen LogP contribution in [0.4, 0.5) is 5.69 Å². The minimum Gasteiger partial charge on any atom is -0.384 e. The van der Waals surface area contributed by atoms with E-state index >= 15 is 0 Å². The number of nitrogens with one attached hydrogen (secondary N) is 2. The van der Waals surface area contributed by atoms with Crippen LogP contribution in [0.3, 0.4) is 0 Å². The van der Waals surface area contributed by atoms with Gasteiger partial charge in [-0.05, 0) is 25.0 Å². The highest BCUT2D eigenvalue weighted by molar-refractivity contribution is 5.94. The summed E-state index contributed by atoms with van der Waals surface area (Å²) in [6, 6.07) is 1.72. The smallest absolute Gasteiger partial charge is 0.271 e. The van der Waals surface area contributed by atoms with Crippen molar-refractivity contribution in [3.8, 4) is 0 Å². The van der Waals surface area contributed by atoms with Crippen LogP contribution in [0, 0.1) is 12.3 Å². The number of aryl methyl sites for hydroxylation is 1. The largest absolute Gasteiger partial charge is 0.384 e. The number of hydrogen-bond acceptors (Lipinski definition) is 3. The first kappa shape index (κ1) is 15.4. The van der Waals surface area contributed by atoms with Crippen LogP contribution >= 0.6 is 0 Å². The molecular formula is C14H22N2O3. The lowest BCUT2D eigenvalue weighted by Crippen LogP contribution is -2.30. The van der Waals surface area contributed by atoms with E-state index in [0.717, 1.165) is 11.3 Å². The van der Waals surface area contributed by atoms with E-state index in [0.29, 0.717) is 13.0 Å². The third-order valence-corrected chi connectivity index (χ3v) is 2.85. The fourth-order valence-corrected chi connectivity index (χ4v) is 1.54. The lowest BCUT2D eigenvalue weighted by molar-refractivity contribution is -0.123. The zero-order chi connectivity index (χ0) is 14.6. The van der Waals surface area contributed by atoms with Crippen LogP contribution in [0.1, 0.15) is 32.0 Å². The minimum atomic E-state index is -0.538. The van der Waals surface area contributed by atoms with E-state index in [2.05, 4.69) is 10.3 Å².